The van der Waals surface area contributed by atoms with Crippen LogP contribution in [0.5, 0.6) is 0 Å². The van der Waals surface area contributed by atoms with Crippen LogP contribution in [0, 0.1) is 6.92 Å². The Balaban J connectivity index is 1.88. The Bertz CT molecular complexity index is 675. The number of hydrogen-bond donors (Lipinski definition) is 2. The molecular formula is C15H20N6OS. The number of amides is 1. The number of thiazole rings is 1. The van der Waals surface area contributed by atoms with Gasteiger partial charge in [0.15, 0.2) is 11.0 Å². The molecule has 0 aliphatic carbocycles. The molecule has 0 radical (unpaired) electrons. The number of rotatable bonds is 4. The Morgan fingerprint density at radius 3 is 3.09 bits per heavy atom. The predicted molar refractivity (Wildman–Crippen MR) is 89.5 cm³/mol. The normalized spacial score (nSPS) is 18.0. The largest absolute Gasteiger partial charge is 0.331 e. The molecule has 0 bridgehead atoms. The summed E-state index contributed by atoms with van der Waals surface area (Å²) in [7, 11) is 0. The molecule has 1 amide bonds. The Kier molecular flexibility index (Phi) is 4.82. The molecule has 2 aromatic rings. The molecule has 1 aliphatic rings. The molecule has 0 aromatic carbocycles. The maximum atomic E-state index is 12.1. The molecule has 2 aromatic heterocycles. The summed E-state index contributed by atoms with van der Waals surface area (Å²) in [6, 6.07) is 1.78. The SMILES string of the molecule is Cc1cc(Nc2nccs2)nc(C2CCCCN2C(=O)CN)n1. The molecule has 3 rings (SSSR count). The van der Waals surface area contributed by atoms with Crippen molar-refractivity contribution in [3.63, 3.8) is 0 Å². The van der Waals surface area contributed by atoms with Crippen LogP contribution < -0.4 is 11.1 Å². The Hall–Kier alpha value is -2.06. The first kappa shape index (κ1) is 15.8. The van der Waals surface area contributed by atoms with E-state index in [0.717, 1.165) is 30.1 Å². The van der Waals surface area contributed by atoms with Crippen molar-refractivity contribution in [2.45, 2.75) is 32.2 Å². The van der Waals surface area contributed by atoms with Crippen LogP contribution in [0.25, 0.3) is 0 Å². The summed E-state index contributed by atoms with van der Waals surface area (Å²) in [4.78, 5) is 27.3. The maximum Gasteiger partial charge on any atom is 0.236 e. The van der Waals surface area contributed by atoms with Gasteiger partial charge in [-0.2, -0.15) is 0 Å². The highest BCUT2D eigenvalue weighted by Crippen LogP contribution is 2.30. The number of aryl methyl sites for hydroxylation is 1. The minimum absolute atomic E-state index is 0.0204. The second-order valence-corrected chi connectivity index (χ2v) is 6.41. The van der Waals surface area contributed by atoms with Crippen LogP contribution in [-0.4, -0.2) is 38.8 Å². The summed E-state index contributed by atoms with van der Waals surface area (Å²) in [5, 5.41) is 5.88. The first-order valence-electron chi connectivity index (χ1n) is 7.69. The van der Waals surface area contributed by atoms with Crippen molar-refractivity contribution in [3.05, 3.63) is 29.2 Å². The van der Waals surface area contributed by atoms with Crippen LogP contribution in [0.2, 0.25) is 0 Å². The van der Waals surface area contributed by atoms with Crippen LogP contribution in [-0.2, 0) is 4.79 Å². The molecule has 3 heterocycles. The summed E-state index contributed by atoms with van der Waals surface area (Å²) in [5.41, 5.74) is 6.40. The lowest BCUT2D eigenvalue weighted by Gasteiger charge is -2.34. The van der Waals surface area contributed by atoms with Crippen molar-refractivity contribution >= 4 is 28.2 Å². The topological polar surface area (TPSA) is 97.0 Å². The maximum absolute atomic E-state index is 12.1. The number of nitrogens with two attached hydrogens (primary N) is 1. The van der Waals surface area contributed by atoms with Crippen molar-refractivity contribution in [3.8, 4) is 0 Å². The highest BCUT2D eigenvalue weighted by Gasteiger charge is 2.29. The fourth-order valence-corrected chi connectivity index (χ4v) is 3.35. The van der Waals surface area contributed by atoms with E-state index in [-0.39, 0.29) is 18.5 Å². The molecule has 8 heteroatoms. The molecule has 1 fully saturated rings. The zero-order chi connectivity index (χ0) is 16.2. The van der Waals surface area contributed by atoms with E-state index in [1.807, 2.05) is 23.3 Å². The molecule has 1 aliphatic heterocycles. The van der Waals surface area contributed by atoms with Crippen LogP contribution >= 0.6 is 11.3 Å². The van der Waals surface area contributed by atoms with Gasteiger partial charge in [-0.05, 0) is 26.2 Å². The minimum atomic E-state index is -0.100. The second kappa shape index (κ2) is 7.01. The molecule has 0 spiro atoms. The van der Waals surface area contributed by atoms with Gasteiger partial charge in [-0.1, -0.05) is 0 Å². The van der Waals surface area contributed by atoms with Gasteiger partial charge in [0, 0.05) is 29.9 Å². The first-order chi connectivity index (χ1) is 11.2. The number of hydrogen-bond acceptors (Lipinski definition) is 7. The number of nitrogens with zero attached hydrogens (tertiary/aromatic N) is 4. The van der Waals surface area contributed by atoms with E-state index < -0.39 is 0 Å². The number of piperidine rings is 1. The zero-order valence-corrected chi connectivity index (χ0v) is 13.8. The summed E-state index contributed by atoms with van der Waals surface area (Å²) >= 11 is 1.51. The Morgan fingerprint density at radius 1 is 1.48 bits per heavy atom. The number of aromatic nitrogens is 3. The average Bonchev–Trinajstić information content (AvgIpc) is 3.06. The van der Waals surface area contributed by atoms with Gasteiger partial charge in [-0.3, -0.25) is 4.79 Å². The number of carbonyl (C=O) groups is 1. The van der Waals surface area contributed by atoms with Crippen LogP contribution in [0.4, 0.5) is 10.9 Å². The lowest BCUT2D eigenvalue weighted by molar-refractivity contribution is -0.133. The smallest absolute Gasteiger partial charge is 0.236 e. The molecule has 1 unspecified atom stereocenters. The lowest BCUT2D eigenvalue weighted by Crippen LogP contribution is -2.42. The van der Waals surface area contributed by atoms with Crippen molar-refractivity contribution in [2.24, 2.45) is 5.73 Å². The predicted octanol–water partition coefficient (Wildman–Crippen LogP) is 2.00. The van der Waals surface area contributed by atoms with Gasteiger partial charge < -0.3 is 16.0 Å². The molecule has 122 valence electrons. The molecule has 1 saturated heterocycles. The number of nitrogens with one attached hydrogen (secondary N) is 1. The van der Waals surface area contributed by atoms with Gasteiger partial charge in [-0.25, -0.2) is 15.0 Å². The molecule has 0 saturated carbocycles. The highest BCUT2D eigenvalue weighted by atomic mass is 32.1. The van der Waals surface area contributed by atoms with Gasteiger partial charge in [0.1, 0.15) is 5.82 Å². The Labute approximate surface area is 139 Å². The first-order valence-corrected chi connectivity index (χ1v) is 8.57. The van der Waals surface area contributed by atoms with E-state index in [1.54, 1.807) is 6.20 Å². The third kappa shape index (κ3) is 3.65. The third-order valence-electron chi connectivity index (χ3n) is 3.83. The molecule has 3 N–H and O–H groups in total. The van der Waals surface area contributed by atoms with E-state index in [1.165, 1.54) is 11.3 Å². The highest BCUT2D eigenvalue weighted by molar-refractivity contribution is 7.13. The van der Waals surface area contributed by atoms with Crippen LogP contribution in [0.15, 0.2) is 17.6 Å². The van der Waals surface area contributed by atoms with Crippen molar-refractivity contribution < 1.29 is 4.79 Å². The average molecular weight is 332 g/mol. The summed E-state index contributed by atoms with van der Waals surface area (Å²) in [5.74, 6) is 1.33. The number of likely N-dealkylation sites (tertiary alicyclic amines) is 1. The number of anilines is 2. The quantitative estimate of drug-likeness (QED) is 0.889. The van der Waals surface area contributed by atoms with E-state index in [9.17, 15) is 4.79 Å². The van der Waals surface area contributed by atoms with Gasteiger partial charge in [-0.15, -0.1) is 11.3 Å². The molecule has 7 nitrogen and oxygen atoms in total. The summed E-state index contributed by atoms with van der Waals surface area (Å²) < 4.78 is 0. The van der Waals surface area contributed by atoms with E-state index in [4.69, 9.17) is 5.73 Å². The fourth-order valence-electron chi connectivity index (χ4n) is 2.82. The zero-order valence-electron chi connectivity index (χ0n) is 13.0. The monoisotopic (exact) mass is 332 g/mol. The second-order valence-electron chi connectivity index (χ2n) is 5.52. The van der Waals surface area contributed by atoms with E-state index in [0.29, 0.717) is 18.2 Å². The summed E-state index contributed by atoms with van der Waals surface area (Å²) in [6.07, 6.45) is 4.67. The molecular weight excluding hydrogens is 312 g/mol. The van der Waals surface area contributed by atoms with Gasteiger partial charge in [0.2, 0.25) is 5.91 Å². The van der Waals surface area contributed by atoms with Crippen molar-refractivity contribution in [2.75, 3.05) is 18.4 Å². The fraction of sp³-hybridized carbons (Fsp3) is 0.467. The number of carbonyl (C=O) groups excluding carboxylic acids is 1. The third-order valence-corrected chi connectivity index (χ3v) is 4.52. The van der Waals surface area contributed by atoms with Gasteiger partial charge >= 0.3 is 0 Å². The van der Waals surface area contributed by atoms with Crippen LogP contribution in [0.1, 0.15) is 36.8 Å². The van der Waals surface area contributed by atoms with Crippen LogP contribution in [0.3, 0.4) is 0 Å². The van der Waals surface area contributed by atoms with E-state index >= 15 is 0 Å². The summed E-state index contributed by atoms with van der Waals surface area (Å²) in [6.45, 7) is 2.66. The lowest BCUT2D eigenvalue weighted by atomic mass is 10.0. The van der Waals surface area contributed by atoms with Crippen molar-refractivity contribution in [1.82, 2.24) is 19.9 Å². The minimum Gasteiger partial charge on any atom is -0.331 e. The molecule has 1 atom stereocenters. The standard InChI is InChI=1S/C15H20N6OS/c1-10-8-12(20-15-17-5-7-23-15)19-14(18-10)11-4-2-3-6-21(11)13(22)9-16/h5,7-8,11H,2-4,6,9,16H2,1H3,(H,17,18,19,20). The Morgan fingerprint density at radius 2 is 2.35 bits per heavy atom. The van der Waals surface area contributed by atoms with Gasteiger partial charge in [0.05, 0.1) is 12.6 Å². The van der Waals surface area contributed by atoms with Gasteiger partial charge in [0.25, 0.3) is 0 Å². The van der Waals surface area contributed by atoms with E-state index in [2.05, 4.69) is 20.3 Å². The molecule has 23 heavy (non-hydrogen) atoms. The van der Waals surface area contributed by atoms with Crippen molar-refractivity contribution in [1.29, 1.82) is 0 Å².